The zero-order chi connectivity index (χ0) is 26.8. The quantitative estimate of drug-likeness (QED) is 0.342. The maximum atomic E-state index is 14.0. The van der Waals surface area contributed by atoms with Crippen molar-refractivity contribution in [2.24, 2.45) is 0 Å². The number of carbonyl (C=O) groups excluding carboxylic acids is 1. The SMILES string of the molecule is O=C([C@@H]1Cc2ccccc2CN1S(=O)(=O)c1cccs1)N1CCN(C(c2ccccc2)c2ccccc2)CC1. The van der Waals surface area contributed by atoms with Crippen LogP contribution in [0.15, 0.2) is 107 Å². The smallest absolute Gasteiger partial charge is 0.253 e. The Morgan fingerprint density at radius 3 is 1.92 bits per heavy atom. The molecule has 3 heterocycles. The number of fused-ring (bicyclic) bond motifs is 1. The van der Waals surface area contributed by atoms with Crippen molar-refractivity contribution in [3.8, 4) is 0 Å². The lowest BCUT2D eigenvalue weighted by Crippen LogP contribution is -2.57. The Kier molecular flexibility index (Phi) is 7.36. The van der Waals surface area contributed by atoms with E-state index in [1.54, 1.807) is 17.5 Å². The predicted octanol–water partition coefficient (Wildman–Crippen LogP) is 4.80. The van der Waals surface area contributed by atoms with Crippen LogP contribution in [0.3, 0.4) is 0 Å². The number of hydrogen-bond acceptors (Lipinski definition) is 5. The number of nitrogens with zero attached hydrogens (tertiary/aromatic N) is 3. The lowest BCUT2D eigenvalue weighted by Gasteiger charge is -2.42. The molecule has 1 aromatic heterocycles. The molecule has 1 amide bonds. The summed E-state index contributed by atoms with van der Waals surface area (Å²) in [6, 6.07) is 31.5. The molecule has 1 atom stereocenters. The molecule has 0 radical (unpaired) electrons. The Morgan fingerprint density at radius 1 is 0.744 bits per heavy atom. The van der Waals surface area contributed by atoms with Gasteiger partial charge in [0, 0.05) is 32.7 Å². The van der Waals surface area contributed by atoms with Gasteiger partial charge in [0.05, 0.1) is 6.04 Å². The summed E-state index contributed by atoms with van der Waals surface area (Å²) in [6.07, 6.45) is 0.385. The average molecular weight is 558 g/mol. The summed E-state index contributed by atoms with van der Waals surface area (Å²) in [5.74, 6) is -0.111. The Balaban J connectivity index is 1.24. The van der Waals surface area contributed by atoms with Crippen LogP contribution in [0.25, 0.3) is 0 Å². The highest BCUT2D eigenvalue weighted by Crippen LogP contribution is 2.33. The van der Waals surface area contributed by atoms with Gasteiger partial charge in [-0.1, -0.05) is 91.0 Å². The fraction of sp³-hybridized carbons (Fsp3) is 0.258. The number of amides is 1. The maximum Gasteiger partial charge on any atom is 0.253 e. The topological polar surface area (TPSA) is 60.9 Å². The second kappa shape index (κ2) is 11.1. The number of piperazine rings is 1. The molecule has 6 rings (SSSR count). The van der Waals surface area contributed by atoms with Crippen molar-refractivity contribution in [1.29, 1.82) is 0 Å². The van der Waals surface area contributed by atoms with Crippen LogP contribution in [0.1, 0.15) is 28.3 Å². The van der Waals surface area contributed by atoms with Crippen LogP contribution in [0.5, 0.6) is 0 Å². The molecule has 2 aliphatic rings. The van der Waals surface area contributed by atoms with Crippen molar-refractivity contribution in [2.45, 2.75) is 29.3 Å². The van der Waals surface area contributed by atoms with E-state index in [4.69, 9.17) is 0 Å². The largest absolute Gasteiger partial charge is 0.339 e. The van der Waals surface area contributed by atoms with Gasteiger partial charge in [0.25, 0.3) is 10.0 Å². The molecule has 8 heteroatoms. The Morgan fingerprint density at radius 2 is 1.33 bits per heavy atom. The summed E-state index contributed by atoms with van der Waals surface area (Å²) in [5, 5.41) is 1.76. The molecule has 0 bridgehead atoms. The van der Waals surface area contributed by atoms with Gasteiger partial charge < -0.3 is 4.90 Å². The molecule has 39 heavy (non-hydrogen) atoms. The van der Waals surface area contributed by atoms with Gasteiger partial charge in [-0.3, -0.25) is 9.69 Å². The average Bonchev–Trinajstić information content (AvgIpc) is 3.54. The van der Waals surface area contributed by atoms with E-state index in [0.717, 1.165) is 11.1 Å². The molecule has 0 unspecified atom stereocenters. The molecular weight excluding hydrogens is 526 g/mol. The van der Waals surface area contributed by atoms with Crippen molar-refractivity contribution in [2.75, 3.05) is 26.2 Å². The monoisotopic (exact) mass is 557 g/mol. The van der Waals surface area contributed by atoms with Crippen LogP contribution in [0, 0.1) is 0 Å². The number of rotatable bonds is 6. The van der Waals surface area contributed by atoms with Gasteiger partial charge >= 0.3 is 0 Å². The maximum absolute atomic E-state index is 14.0. The molecule has 1 fully saturated rings. The second-order valence-electron chi connectivity index (χ2n) is 10.1. The molecule has 0 saturated carbocycles. The second-order valence-corrected chi connectivity index (χ2v) is 13.1. The van der Waals surface area contributed by atoms with Gasteiger partial charge in [-0.2, -0.15) is 4.31 Å². The minimum absolute atomic E-state index is 0.0990. The predicted molar refractivity (Wildman–Crippen MR) is 154 cm³/mol. The van der Waals surface area contributed by atoms with Crippen LogP contribution >= 0.6 is 11.3 Å². The van der Waals surface area contributed by atoms with Crippen molar-refractivity contribution < 1.29 is 13.2 Å². The molecule has 0 N–H and O–H groups in total. The van der Waals surface area contributed by atoms with Crippen LogP contribution in [0.4, 0.5) is 0 Å². The normalized spacial score (nSPS) is 18.7. The summed E-state index contributed by atoms with van der Waals surface area (Å²) < 4.78 is 29.0. The van der Waals surface area contributed by atoms with Crippen molar-refractivity contribution >= 4 is 27.3 Å². The van der Waals surface area contributed by atoms with Crippen LogP contribution in [-0.4, -0.2) is 60.7 Å². The summed E-state index contributed by atoms with van der Waals surface area (Å²) in [6.45, 7) is 2.74. The molecule has 0 spiro atoms. The van der Waals surface area contributed by atoms with E-state index >= 15 is 0 Å². The highest BCUT2D eigenvalue weighted by Gasteiger charge is 2.42. The molecular formula is C31H31N3O3S2. The summed E-state index contributed by atoms with van der Waals surface area (Å²) in [7, 11) is -3.80. The molecule has 2 aliphatic heterocycles. The fourth-order valence-electron chi connectivity index (χ4n) is 5.78. The lowest BCUT2D eigenvalue weighted by molar-refractivity contribution is -0.137. The first-order valence-electron chi connectivity index (χ1n) is 13.3. The standard InChI is InChI=1S/C31H31N3O3S2/c35-31(28-22-26-14-7-8-15-27(26)23-34(28)39(36,37)29-16-9-21-38-29)33-19-17-32(18-20-33)30(24-10-3-1-4-11-24)25-12-5-2-6-13-25/h1-16,21,28,30H,17-20,22-23H2/t28-/m0/s1. The van der Waals surface area contributed by atoms with Crippen LogP contribution in [-0.2, 0) is 27.8 Å². The van der Waals surface area contributed by atoms with E-state index in [2.05, 4.69) is 53.4 Å². The Hall–Kier alpha value is -3.30. The van der Waals surface area contributed by atoms with Gasteiger partial charge in [0.2, 0.25) is 5.91 Å². The highest BCUT2D eigenvalue weighted by atomic mass is 32.2. The van der Waals surface area contributed by atoms with Gasteiger partial charge in [0.1, 0.15) is 10.3 Å². The van der Waals surface area contributed by atoms with E-state index in [0.29, 0.717) is 32.6 Å². The zero-order valence-corrected chi connectivity index (χ0v) is 23.2. The lowest BCUT2D eigenvalue weighted by atomic mass is 9.94. The van der Waals surface area contributed by atoms with E-state index in [9.17, 15) is 13.2 Å². The highest BCUT2D eigenvalue weighted by molar-refractivity contribution is 7.91. The van der Waals surface area contributed by atoms with Gasteiger partial charge in [-0.05, 0) is 40.1 Å². The molecule has 0 aliphatic carbocycles. The molecule has 200 valence electrons. The first-order chi connectivity index (χ1) is 19.0. The minimum atomic E-state index is -3.80. The number of thiophene rings is 1. The Bertz CT molecular complexity index is 1480. The van der Waals surface area contributed by atoms with E-state index in [-0.39, 0.29) is 22.7 Å². The molecule has 6 nitrogen and oxygen atoms in total. The van der Waals surface area contributed by atoms with Crippen molar-refractivity contribution in [3.05, 3.63) is 125 Å². The first-order valence-corrected chi connectivity index (χ1v) is 15.6. The Labute approximate surface area is 234 Å². The number of sulfonamides is 1. The zero-order valence-electron chi connectivity index (χ0n) is 21.6. The summed E-state index contributed by atoms with van der Waals surface area (Å²) in [4.78, 5) is 18.3. The number of hydrogen-bond donors (Lipinski definition) is 0. The first kappa shape index (κ1) is 26.0. The van der Waals surface area contributed by atoms with Crippen molar-refractivity contribution in [3.63, 3.8) is 0 Å². The van der Waals surface area contributed by atoms with Gasteiger partial charge in [-0.15, -0.1) is 11.3 Å². The third kappa shape index (κ3) is 5.17. The van der Waals surface area contributed by atoms with Crippen molar-refractivity contribution in [1.82, 2.24) is 14.1 Å². The molecule has 4 aromatic rings. The molecule has 1 saturated heterocycles. The van der Waals surface area contributed by atoms with Gasteiger partial charge in [0.15, 0.2) is 0 Å². The summed E-state index contributed by atoms with van der Waals surface area (Å²) in [5.41, 5.74) is 4.45. The minimum Gasteiger partial charge on any atom is -0.339 e. The van der Waals surface area contributed by atoms with E-state index in [1.165, 1.54) is 26.8 Å². The third-order valence-corrected chi connectivity index (χ3v) is 11.0. The third-order valence-electron chi connectivity index (χ3n) is 7.77. The van der Waals surface area contributed by atoms with Crippen LogP contribution in [0.2, 0.25) is 0 Å². The van der Waals surface area contributed by atoms with E-state index < -0.39 is 16.1 Å². The fourth-order valence-corrected chi connectivity index (χ4v) is 8.46. The van der Waals surface area contributed by atoms with Crippen LogP contribution < -0.4 is 0 Å². The molecule has 3 aromatic carbocycles. The summed E-state index contributed by atoms with van der Waals surface area (Å²) >= 11 is 1.19. The van der Waals surface area contributed by atoms with E-state index in [1.807, 2.05) is 41.3 Å². The number of benzene rings is 3. The number of carbonyl (C=O) groups is 1. The van der Waals surface area contributed by atoms with Gasteiger partial charge in [-0.25, -0.2) is 8.42 Å².